The van der Waals surface area contributed by atoms with E-state index in [9.17, 15) is 9.18 Å². The second-order valence-electron chi connectivity index (χ2n) is 5.03. The molecular weight excluding hydrogens is 439 g/mol. The van der Waals surface area contributed by atoms with Gasteiger partial charge in [0.1, 0.15) is 5.82 Å². The average Bonchev–Trinajstić information content (AvgIpc) is 2.57. The van der Waals surface area contributed by atoms with E-state index >= 15 is 0 Å². The lowest BCUT2D eigenvalue weighted by Gasteiger charge is -2.01. The van der Waals surface area contributed by atoms with Gasteiger partial charge in [-0.1, -0.05) is 40.2 Å². The fourth-order valence-corrected chi connectivity index (χ4v) is 2.46. The Balaban J connectivity index is 0.00000208. The Morgan fingerprint density at radius 3 is 2.42 bits per heavy atom. The maximum atomic E-state index is 13.7. The summed E-state index contributed by atoms with van der Waals surface area (Å²) in [4.78, 5) is 16.4. The molecule has 3 aromatic rings. The molecule has 122 valence electrons. The monoisotopic (exact) mass is 451 g/mol. The Morgan fingerprint density at radius 1 is 1.08 bits per heavy atom. The molecule has 3 rings (SSSR count). The maximum absolute atomic E-state index is 13.7. The van der Waals surface area contributed by atoms with E-state index in [2.05, 4.69) is 20.9 Å². The Bertz CT molecular complexity index is 836. The first-order chi connectivity index (χ1) is 11.1. The Morgan fingerprint density at radius 2 is 1.79 bits per heavy atom. The Labute approximate surface area is 158 Å². The molecule has 3 nitrogen and oxygen atoms in total. The maximum Gasteiger partial charge on any atom is 0.287 e. The molecule has 0 fully saturated rings. The molecule has 0 atom stereocenters. The van der Waals surface area contributed by atoms with Crippen LogP contribution in [0.15, 0.2) is 71.6 Å². The van der Waals surface area contributed by atoms with Crippen molar-refractivity contribution in [3.05, 3.63) is 83.0 Å². The lowest BCUT2D eigenvalue weighted by Crippen LogP contribution is -2.37. The van der Waals surface area contributed by atoms with Crippen molar-refractivity contribution < 1.29 is 13.8 Å². The third kappa shape index (κ3) is 4.33. The van der Waals surface area contributed by atoms with Crippen LogP contribution < -0.4 is 4.57 Å². The molecule has 0 unspecified atom stereocenters. The number of rotatable bonds is 4. The van der Waals surface area contributed by atoms with Crippen molar-refractivity contribution in [2.75, 3.05) is 0 Å². The first kappa shape index (κ1) is 18.4. The molecule has 0 N–H and O–H groups in total. The highest BCUT2D eigenvalue weighted by molar-refractivity contribution is 9.10. The zero-order valence-electron chi connectivity index (χ0n) is 12.5. The second kappa shape index (κ2) is 8.26. The van der Waals surface area contributed by atoms with E-state index in [0.717, 1.165) is 4.47 Å². The SMILES string of the molecule is Br.O=C(C[n+]1ccc(-c2ccccc2F)nc1)c1ccc(Br)cc1. The van der Waals surface area contributed by atoms with Gasteiger partial charge in [-0.25, -0.2) is 8.96 Å². The standard InChI is InChI=1S/C18H13BrFN2O.BrH/c19-14-7-5-13(6-8-14)18(23)11-22-10-9-17(21-12-22)15-3-1-2-4-16(15)20;/h1-10,12H,11H2;1H/q+1;. The number of hydrogen-bond donors (Lipinski definition) is 0. The van der Waals surface area contributed by atoms with Crippen LogP contribution in [0, 0.1) is 5.82 Å². The molecule has 0 bridgehead atoms. The summed E-state index contributed by atoms with van der Waals surface area (Å²) in [5, 5.41) is 0. The van der Waals surface area contributed by atoms with Crippen LogP contribution in [0.3, 0.4) is 0 Å². The van der Waals surface area contributed by atoms with Gasteiger partial charge in [0, 0.05) is 16.1 Å². The van der Waals surface area contributed by atoms with Gasteiger partial charge in [0.2, 0.25) is 5.78 Å². The van der Waals surface area contributed by atoms with Gasteiger partial charge in [0.25, 0.3) is 6.33 Å². The number of carbonyl (C=O) groups excluding carboxylic acids is 1. The summed E-state index contributed by atoms with van der Waals surface area (Å²) in [5.74, 6) is -0.327. The van der Waals surface area contributed by atoms with Gasteiger partial charge in [0.05, 0.1) is 11.8 Å². The number of benzene rings is 2. The molecule has 6 heteroatoms. The van der Waals surface area contributed by atoms with Gasteiger partial charge < -0.3 is 0 Å². The van der Waals surface area contributed by atoms with Crippen molar-refractivity contribution in [1.82, 2.24) is 4.98 Å². The van der Waals surface area contributed by atoms with E-state index in [1.807, 2.05) is 12.1 Å². The van der Waals surface area contributed by atoms with E-state index in [1.54, 1.807) is 53.5 Å². The topological polar surface area (TPSA) is 33.8 Å². The molecule has 0 saturated heterocycles. The largest absolute Gasteiger partial charge is 0.290 e. The Hall–Kier alpha value is -1.92. The van der Waals surface area contributed by atoms with E-state index in [0.29, 0.717) is 16.8 Å². The fourth-order valence-electron chi connectivity index (χ4n) is 2.20. The number of nitrogens with zero attached hydrogens (tertiary/aromatic N) is 2. The molecule has 0 aliphatic heterocycles. The van der Waals surface area contributed by atoms with Crippen molar-refractivity contribution in [2.45, 2.75) is 6.54 Å². The summed E-state index contributed by atoms with van der Waals surface area (Å²) in [6, 6.07) is 15.4. The van der Waals surface area contributed by atoms with Gasteiger partial charge in [-0.05, 0) is 29.2 Å². The summed E-state index contributed by atoms with van der Waals surface area (Å²) >= 11 is 3.34. The lowest BCUT2D eigenvalue weighted by atomic mass is 10.1. The molecule has 0 amide bonds. The molecule has 0 spiro atoms. The van der Waals surface area contributed by atoms with E-state index in [-0.39, 0.29) is 35.1 Å². The molecule has 0 radical (unpaired) electrons. The second-order valence-corrected chi connectivity index (χ2v) is 5.94. The van der Waals surface area contributed by atoms with Crippen molar-refractivity contribution in [2.24, 2.45) is 0 Å². The van der Waals surface area contributed by atoms with Crippen LogP contribution in [0.5, 0.6) is 0 Å². The molecule has 1 heterocycles. The van der Waals surface area contributed by atoms with Crippen LogP contribution in [-0.4, -0.2) is 10.8 Å². The summed E-state index contributed by atoms with van der Waals surface area (Å²) in [5.41, 5.74) is 1.62. The highest BCUT2D eigenvalue weighted by Crippen LogP contribution is 2.18. The minimum absolute atomic E-state index is 0. The highest BCUT2D eigenvalue weighted by Gasteiger charge is 2.13. The number of carbonyl (C=O) groups is 1. The third-order valence-electron chi connectivity index (χ3n) is 3.41. The van der Waals surface area contributed by atoms with Crippen LogP contribution in [0.1, 0.15) is 10.4 Å². The highest BCUT2D eigenvalue weighted by atomic mass is 79.9. The van der Waals surface area contributed by atoms with Crippen LogP contribution >= 0.6 is 32.9 Å². The van der Waals surface area contributed by atoms with Crippen LogP contribution in [0.2, 0.25) is 0 Å². The summed E-state index contributed by atoms with van der Waals surface area (Å²) in [6.45, 7) is 0.187. The predicted molar refractivity (Wildman–Crippen MR) is 98.6 cm³/mol. The number of hydrogen-bond acceptors (Lipinski definition) is 2. The fraction of sp³-hybridized carbons (Fsp3) is 0.0556. The Kier molecular flexibility index (Phi) is 6.34. The van der Waals surface area contributed by atoms with Gasteiger partial charge >= 0.3 is 0 Å². The van der Waals surface area contributed by atoms with Gasteiger partial charge in [-0.2, -0.15) is 0 Å². The zero-order chi connectivity index (χ0) is 16.2. The number of aromatic nitrogens is 2. The quantitative estimate of drug-likeness (QED) is 0.434. The minimum atomic E-state index is -0.316. The van der Waals surface area contributed by atoms with Gasteiger partial charge in [-0.3, -0.25) is 4.79 Å². The van der Waals surface area contributed by atoms with Crippen molar-refractivity contribution in [1.29, 1.82) is 0 Å². The molecule has 1 aromatic heterocycles. The summed E-state index contributed by atoms with van der Waals surface area (Å²) in [6.07, 6.45) is 3.27. The number of Topliss-reactive ketones (excluding diaryl/α,β-unsaturated/α-hetero) is 1. The van der Waals surface area contributed by atoms with Crippen LogP contribution in [0.4, 0.5) is 4.39 Å². The van der Waals surface area contributed by atoms with Crippen molar-refractivity contribution in [3.63, 3.8) is 0 Å². The third-order valence-corrected chi connectivity index (χ3v) is 3.94. The van der Waals surface area contributed by atoms with Crippen LogP contribution in [0.25, 0.3) is 11.3 Å². The zero-order valence-corrected chi connectivity index (χ0v) is 15.8. The smallest absolute Gasteiger partial charge is 0.287 e. The normalized spacial score (nSPS) is 10.1. The molecular formula is C18H14Br2FN2O+. The predicted octanol–water partition coefficient (Wildman–Crippen LogP) is 4.40. The summed E-state index contributed by atoms with van der Waals surface area (Å²) in [7, 11) is 0. The van der Waals surface area contributed by atoms with Gasteiger partial charge in [0.15, 0.2) is 12.2 Å². The molecule has 2 aromatic carbocycles. The van der Waals surface area contributed by atoms with Gasteiger partial charge in [-0.15, -0.1) is 17.0 Å². The molecule has 24 heavy (non-hydrogen) atoms. The lowest BCUT2D eigenvalue weighted by molar-refractivity contribution is -0.686. The molecule has 0 aliphatic rings. The van der Waals surface area contributed by atoms with E-state index < -0.39 is 0 Å². The van der Waals surface area contributed by atoms with E-state index in [4.69, 9.17) is 0 Å². The first-order valence-electron chi connectivity index (χ1n) is 7.02. The van der Waals surface area contributed by atoms with Crippen molar-refractivity contribution >= 4 is 38.7 Å². The first-order valence-corrected chi connectivity index (χ1v) is 7.81. The minimum Gasteiger partial charge on any atom is -0.290 e. The van der Waals surface area contributed by atoms with E-state index in [1.165, 1.54) is 6.07 Å². The molecule has 0 aliphatic carbocycles. The average molecular weight is 453 g/mol. The summed E-state index contributed by atoms with van der Waals surface area (Å²) < 4.78 is 16.3. The number of halogens is 3. The van der Waals surface area contributed by atoms with Crippen LogP contribution in [-0.2, 0) is 6.54 Å². The molecule has 0 saturated carbocycles. The number of ketones is 1. The van der Waals surface area contributed by atoms with Crippen molar-refractivity contribution in [3.8, 4) is 11.3 Å².